The summed E-state index contributed by atoms with van der Waals surface area (Å²) in [5, 5.41) is 22.9. The van der Waals surface area contributed by atoms with Gasteiger partial charge in [-0.15, -0.1) is 4.52 Å². The van der Waals surface area contributed by atoms with Gasteiger partial charge in [0.05, 0.1) is 12.5 Å². The number of nitrogens with one attached hydrogen (secondary N) is 1. The summed E-state index contributed by atoms with van der Waals surface area (Å²) < 4.78 is 18.5. The average Bonchev–Trinajstić information content (AvgIpc) is 3.29. The van der Waals surface area contributed by atoms with Crippen molar-refractivity contribution in [1.82, 2.24) is 10.2 Å². The lowest BCUT2D eigenvalue weighted by Crippen LogP contribution is -2.53. The molecule has 1 aromatic rings. The van der Waals surface area contributed by atoms with Crippen molar-refractivity contribution in [3.8, 4) is 0 Å². The molecule has 2 rings (SSSR count). The van der Waals surface area contributed by atoms with E-state index >= 15 is 0 Å². The van der Waals surface area contributed by atoms with Gasteiger partial charge < -0.3 is 26.6 Å². The van der Waals surface area contributed by atoms with E-state index in [2.05, 4.69) is 5.32 Å². The van der Waals surface area contributed by atoms with Gasteiger partial charge in [0.25, 0.3) is 5.91 Å². The van der Waals surface area contributed by atoms with Gasteiger partial charge in [-0.3, -0.25) is 14.9 Å². The zero-order chi connectivity index (χ0) is 25.3. The number of carbonyl (C=O) groups is 3. The molecule has 0 radical (unpaired) electrons. The molecule has 2 amide bonds. The predicted octanol–water partition coefficient (Wildman–Crippen LogP) is 0.671. The Hall–Kier alpha value is -2.43. The molecule has 7 N–H and O–H groups in total. The lowest BCUT2D eigenvalue weighted by Gasteiger charge is -2.24. The van der Waals surface area contributed by atoms with E-state index in [-0.39, 0.29) is 13.0 Å². The van der Waals surface area contributed by atoms with Gasteiger partial charge in [0.2, 0.25) is 5.91 Å². The third-order valence-corrected chi connectivity index (χ3v) is 7.03. The summed E-state index contributed by atoms with van der Waals surface area (Å²) in [4.78, 5) is 38.0. The van der Waals surface area contributed by atoms with Crippen LogP contribution in [0.5, 0.6) is 0 Å². The Morgan fingerprint density at radius 3 is 2.59 bits per heavy atom. The molecule has 0 aliphatic carbocycles. The van der Waals surface area contributed by atoms with Crippen molar-refractivity contribution in [2.75, 3.05) is 13.1 Å². The Labute approximate surface area is 199 Å². The first-order chi connectivity index (χ1) is 16.1. The molecule has 188 valence electrons. The first kappa shape index (κ1) is 27.8. The van der Waals surface area contributed by atoms with Crippen LogP contribution < -0.4 is 16.8 Å². The fraction of sp³-hybridized carbons (Fsp3) is 0.591. The minimum Gasteiger partial charge on any atom is -0.480 e. The molecule has 1 aromatic carbocycles. The van der Waals surface area contributed by atoms with E-state index in [1.165, 1.54) is 11.8 Å². The van der Waals surface area contributed by atoms with Crippen molar-refractivity contribution < 1.29 is 33.7 Å². The Bertz CT molecular complexity index is 872. The third kappa shape index (κ3) is 7.54. The Morgan fingerprint density at radius 1 is 1.29 bits per heavy atom. The molecule has 34 heavy (non-hydrogen) atoms. The standard InChI is InChI=1S/C22H33N4O7P/c1-15(20(28)26-13-7-11-18(26)21(29)30)33-34(32)22(31,14-16-8-3-2-4-9-16)25-19(27)17(24)10-5-6-12-23/h2-4,8-9,15,17-18,31H,5-7,10-14,23-24H2,1H3,(H-,25,27,29,30)/p+1/t15?,17-,18-,22-/m0/s1. The minimum absolute atomic E-state index is 0.239. The number of unbranched alkanes of at least 4 members (excludes halogenated alkanes) is 1. The number of rotatable bonds is 13. The number of aliphatic carboxylic acids is 1. The molecular formula is C22H34N4O7P+. The maximum Gasteiger partial charge on any atom is 0.568 e. The number of carboxylic acid groups (broad SMARTS) is 1. The van der Waals surface area contributed by atoms with Crippen LogP contribution in [0.1, 0.15) is 44.6 Å². The van der Waals surface area contributed by atoms with Crippen LogP contribution in [0.25, 0.3) is 0 Å². The van der Waals surface area contributed by atoms with Crippen LogP contribution in [-0.2, 0) is 29.9 Å². The number of aliphatic hydroxyl groups is 1. The summed E-state index contributed by atoms with van der Waals surface area (Å²) in [5.74, 6) is -2.49. The maximum atomic E-state index is 13.1. The summed E-state index contributed by atoms with van der Waals surface area (Å²) in [6, 6.07) is 6.62. The highest BCUT2D eigenvalue weighted by Gasteiger charge is 2.54. The average molecular weight is 498 g/mol. The SMILES string of the molecule is CC(O[P+](=O)[C@@](O)(Cc1ccccc1)NC(=O)[C@@H](N)CCCCN)C(=O)N1CCC[C@H]1C(=O)O. The van der Waals surface area contributed by atoms with Crippen LogP contribution in [0.15, 0.2) is 30.3 Å². The van der Waals surface area contributed by atoms with Gasteiger partial charge in [0.1, 0.15) is 6.04 Å². The van der Waals surface area contributed by atoms with Crippen molar-refractivity contribution in [2.24, 2.45) is 11.5 Å². The van der Waals surface area contributed by atoms with E-state index in [0.29, 0.717) is 44.2 Å². The summed E-state index contributed by atoms with van der Waals surface area (Å²) in [6.07, 6.45) is 0.890. The highest BCUT2D eigenvalue weighted by Crippen LogP contribution is 2.40. The van der Waals surface area contributed by atoms with Crippen molar-refractivity contribution in [1.29, 1.82) is 0 Å². The van der Waals surface area contributed by atoms with Crippen molar-refractivity contribution in [3.05, 3.63) is 35.9 Å². The zero-order valence-corrected chi connectivity index (χ0v) is 20.2. The predicted molar refractivity (Wildman–Crippen MR) is 125 cm³/mol. The number of likely N-dealkylation sites (tertiary alicyclic amines) is 1. The first-order valence-electron chi connectivity index (χ1n) is 11.3. The molecule has 1 heterocycles. The van der Waals surface area contributed by atoms with Gasteiger partial charge in [-0.2, -0.15) is 0 Å². The van der Waals surface area contributed by atoms with E-state index in [9.17, 15) is 29.2 Å². The van der Waals surface area contributed by atoms with Gasteiger partial charge >= 0.3 is 19.5 Å². The van der Waals surface area contributed by atoms with E-state index < -0.39 is 49.5 Å². The summed E-state index contributed by atoms with van der Waals surface area (Å²) >= 11 is 0. The first-order valence-corrected chi connectivity index (χ1v) is 12.5. The summed E-state index contributed by atoms with van der Waals surface area (Å²) in [6.45, 7) is 2.02. The van der Waals surface area contributed by atoms with Crippen molar-refractivity contribution >= 4 is 25.8 Å². The van der Waals surface area contributed by atoms with Gasteiger partial charge in [-0.05, 0) is 49.3 Å². The number of nitrogens with zero attached hydrogens (tertiary/aromatic N) is 1. The van der Waals surface area contributed by atoms with E-state index in [4.69, 9.17) is 16.0 Å². The highest BCUT2D eigenvalue weighted by molar-refractivity contribution is 7.40. The molecule has 5 atom stereocenters. The third-order valence-electron chi connectivity index (χ3n) is 5.65. The number of nitrogens with two attached hydrogens (primary N) is 2. The summed E-state index contributed by atoms with van der Waals surface area (Å²) in [5.41, 5.74) is 9.60. The van der Waals surface area contributed by atoms with E-state index in [1.807, 2.05) is 0 Å². The molecule has 0 spiro atoms. The van der Waals surface area contributed by atoms with Crippen LogP contribution in [-0.4, -0.2) is 69.6 Å². The Kier molecular flexibility index (Phi) is 10.5. The van der Waals surface area contributed by atoms with Crippen LogP contribution in [0, 0.1) is 0 Å². The lowest BCUT2D eigenvalue weighted by atomic mass is 10.1. The van der Waals surface area contributed by atoms with Gasteiger partial charge in [0, 0.05) is 6.54 Å². The fourth-order valence-corrected chi connectivity index (χ4v) is 4.83. The van der Waals surface area contributed by atoms with Gasteiger partial charge in [0.15, 0.2) is 6.10 Å². The monoisotopic (exact) mass is 497 g/mol. The molecule has 1 aliphatic rings. The second-order valence-electron chi connectivity index (χ2n) is 8.39. The number of amides is 2. The van der Waals surface area contributed by atoms with Crippen LogP contribution in [0.2, 0.25) is 0 Å². The largest absolute Gasteiger partial charge is 0.568 e. The number of hydrogen-bond donors (Lipinski definition) is 5. The molecular weight excluding hydrogens is 463 g/mol. The maximum absolute atomic E-state index is 13.1. The number of carbonyl (C=O) groups excluding carboxylic acids is 2. The van der Waals surface area contributed by atoms with Crippen LogP contribution >= 0.6 is 8.03 Å². The zero-order valence-electron chi connectivity index (χ0n) is 19.3. The number of carboxylic acids is 1. The van der Waals surface area contributed by atoms with Crippen LogP contribution in [0.4, 0.5) is 0 Å². The fourth-order valence-electron chi connectivity index (χ4n) is 3.76. The Morgan fingerprint density at radius 2 is 1.97 bits per heavy atom. The second-order valence-corrected chi connectivity index (χ2v) is 9.86. The van der Waals surface area contributed by atoms with Gasteiger partial charge in [-0.25, -0.2) is 4.79 Å². The molecule has 2 unspecified atom stereocenters. The molecule has 0 bridgehead atoms. The van der Waals surface area contributed by atoms with Crippen molar-refractivity contribution in [3.63, 3.8) is 0 Å². The molecule has 1 saturated heterocycles. The molecule has 12 heteroatoms. The topological polar surface area (TPSA) is 185 Å². The molecule has 11 nitrogen and oxygen atoms in total. The molecule has 0 aromatic heterocycles. The minimum atomic E-state index is -3.04. The molecule has 1 aliphatic heterocycles. The van der Waals surface area contributed by atoms with Gasteiger partial charge in [-0.1, -0.05) is 36.8 Å². The number of hydrogen-bond acceptors (Lipinski definition) is 8. The number of benzene rings is 1. The molecule has 1 fully saturated rings. The molecule has 0 saturated carbocycles. The van der Waals surface area contributed by atoms with E-state index in [1.54, 1.807) is 30.3 Å². The lowest BCUT2D eigenvalue weighted by molar-refractivity contribution is -0.151. The van der Waals surface area contributed by atoms with Crippen molar-refractivity contribution in [2.45, 2.75) is 69.1 Å². The summed E-state index contributed by atoms with van der Waals surface area (Å²) in [7, 11) is -3.04. The quantitative estimate of drug-likeness (QED) is 0.148. The van der Waals surface area contributed by atoms with Crippen LogP contribution in [0.3, 0.4) is 0 Å². The van der Waals surface area contributed by atoms with E-state index in [0.717, 1.165) is 0 Å². The second kappa shape index (κ2) is 12.9. The normalized spacial score (nSPS) is 19.7. The Balaban J connectivity index is 2.15. The highest BCUT2D eigenvalue weighted by atomic mass is 31.1. The smallest absolute Gasteiger partial charge is 0.480 e.